The van der Waals surface area contributed by atoms with Gasteiger partial charge in [0.2, 0.25) is 0 Å². The Morgan fingerprint density at radius 3 is 1.76 bits per heavy atom. The fourth-order valence-electron chi connectivity index (χ4n) is 9.85. The number of nitrogens with one attached hydrogen (secondary N) is 1. The minimum Gasteiger partial charge on any atom is -0.465 e. The molecular weight excluding hydrogens is 992 g/mol. The Bertz CT molecular complexity index is 2420. The first-order chi connectivity index (χ1) is 29.6. The first kappa shape index (κ1) is 44.3. The average Bonchev–Trinajstić information content (AvgIpc) is 3.88. The predicted octanol–water partition coefficient (Wildman–Crippen LogP) is 12.0. The Morgan fingerprint density at radius 1 is 0.774 bits per heavy atom. The summed E-state index contributed by atoms with van der Waals surface area (Å²) in [5.41, 5.74) is 5.47. The third kappa shape index (κ3) is 8.76. The maximum absolute atomic E-state index is 14.5. The highest BCUT2D eigenvalue weighted by molar-refractivity contribution is 14.0. The van der Waals surface area contributed by atoms with Crippen molar-refractivity contribution in [1.82, 2.24) is 15.6 Å². The van der Waals surface area contributed by atoms with Gasteiger partial charge < -0.3 is 33.5 Å². The summed E-state index contributed by atoms with van der Waals surface area (Å²) in [6.07, 6.45) is 9.00. The number of hydrogen-bond donors (Lipinski definition) is 1. The summed E-state index contributed by atoms with van der Waals surface area (Å²) < 4.78 is 43.4. The number of fused-ring (bicyclic) bond motifs is 4. The number of halogens is 6. The van der Waals surface area contributed by atoms with Crippen LogP contribution >= 0.6 is 70.4 Å². The van der Waals surface area contributed by atoms with Gasteiger partial charge in [-0.15, -0.1) is 24.0 Å². The van der Waals surface area contributed by atoms with E-state index in [0.717, 1.165) is 97.6 Å². The fourth-order valence-corrected chi connectivity index (χ4v) is 11.0. The lowest BCUT2D eigenvalue weighted by molar-refractivity contribution is 0.00913. The molecular formula is C46H46Cl4FIN4O6. The van der Waals surface area contributed by atoms with Crippen molar-refractivity contribution in [2.45, 2.75) is 101 Å². The third-order valence-corrected chi connectivity index (χ3v) is 14.5. The summed E-state index contributed by atoms with van der Waals surface area (Å²) in [4.78, 5) is 13.9. The zero-order valence-electron chi connectivity index (χ0n) is 33.9. The molecule has 4 aliphatic carbocycles. The van der Waals surface area contributed by atoms with Crippen LogP contribution in [0, 0.1) is 17.7 Å². The van der Waals surface area contributed by atoms with Gasteiger partial charge in [-0.05, 0) is 99.7 Å². The van der Waals surface area contributed by atoms with Crippen LogP contribution in [0.15, 0.2) is 63.6 Å². The minimum absolute atomic E-state index is 0. The van der Waals surface area contributed by atoms with Crippen LogP contribution in [-0.2, 0) is 27.4 Å². The molecule has 6 aliphatic rings. The summed E-state index contributed by atoms with van der Waals surface area (Å²) in [7, 11) is 1.24. The first-order valence-corrected chi connectivity index (χ1v) is 22.6. The molecule has 1 N–H and O–H groups in total. The van der Waals surface area contributed by atoms with E-state index in [2.05, 4.69) is 25.3 Å². The molecule has 11 rings (SSSR count). The highest BCUT2D eigenvalue weighted by atomic mass is 127. The SMILES string of the molecule is COC(=O)c1ccc(N2C[C@@H]3C[C@H]2C[C@H]3OCc2c(-c3c(Cl)cccc3Cl)noc2C2CC2)cc1F.Clc1cccc(Cl)c1-c1noc(C2CC2)c1CO[C@@H]1C[C@@H]2C[C@H]1CN2.I. The first-order valence-electron chi connectivity index (χ1n) is 21.1. The van der Waals surface area contributed by atoms with E-state index >= 15 is 0 Å². The lowest BCUT2D eigenvalue weighted by atomic mass is 10.0. The standard InChI is InChI=1S/C27H25Cl2FN2O4.C19H20Cl2N2O2.HI/c1-34-27(33)18-8-7-16(10-22(18)30)32-12-15-9-17(32)11-23(15)35-13-19-25(31-36-26(19)14-5-6-14)24-20(28)3-2-4-21(24)29;20-14-2-1-3-15(21)17(14)18-13(19(25-23-18)10-4-5-10)9-24-16-7-12-6-11(16)8-22-12;/h2-4,7-8,10,14-15,17,23H,5-6,9,11-13H2,1H3;1-3,10-12,16,22H,4-9H2;1H/t15-,17-,23+;11-,12-,16+;/m00./s1. The van der Waals surface area contributed by atoms with E-state index in [1.807, 2.05) is 24.3 Å². The molecule has 0 radical (unpaired) electrons. The Morgan fingerprint density at radius 2 is 1.32 bits per heavy atom. The van der Waals surface area contributed by atoms with Crippen LogP contribution < -0.4 is 10.2 Å². The van der Waals surface area contributed by atoms with Gasteiger partial charge in [-0.2, -0.15) is 0 Å². The topological polar surface area (TPSA) is 112 Å². The van der Waals surface area contributed by atoms with Crippen molar-refractivity contribution in [3.63, 3.8) is 0 Å². The van der Waals surface area contributed by atoms with Crippen LogP contribution in [0.2, 0.25) is 20.1 Å². The highest BCUT2D eigenvalue weighted by Crippen LogP contribution is 2.49. The lowest BCUT2D eigenvalue weighted by Crippen LogP contribution is -2.38. The van der Waals surface area contributed by atoms with Gasteiger partial charge in [0, 0.05) is 70.9 Å². The summed E-state index contributed by atoms with van der Waals surface area (Å²) in [5, 5.41) is 14.4. The number of ether oxygens (including phenoxy) is 3. The molecule has 2 aliphatic heterocycles. The number of hydrogen-bond acceptors (Lipinski definition) is 10. The zero-order valence-corrected chi connectivity index (χ0v) is 39.2. The number of carbonyl (C=O) groups excluding carboxylic acids is 1. The molecule has 2 aromatic heterocycles. The van der Waals surface area contributed by atoms with Gasteiger partial charge in [-0.3, -0.25) is 0 Å². The second-order valence-electron chi connectivity index (χ2n) is 17.2. The van der Waals surface area contributed by atoms with Crippen molar-refractivity contribution in [3.8, 4) is 22.5 Å². The molecule has 0 amide bonds. The predicted molar refractivity (Wildman–Crippen MR) is 247 cm³/mol. The van der Waals surface area contributed by atoms with Crippen LogP contribution in [0.1, 0.15) is 96.2 Å². The quantitative estimate of drug-likeness (QED) is 0.0957. The molecule has 5 aromatic rings. The Hall–Kier alpha value is -2.95. The second-order valence-corrected chi connectivity index (χ2v) is 18.8. The molecule has 4 bridgehead atoms. The van der Waals surface area contributed by atoms with Crippen molar-refractivity contribution in [3.05, 3.63) is 109 Å². The number of methoxy groups -OCH3 is 1. The number of piperidine rings is 2. The third-order valence-electron chi connectivity index (χ3n) is 13.3. The van der Waals surface area contributed by atoms with Crippen LogP contribution in [0.25, 0.3) is 22.5 Å². The van der Waals surface area contributed by atoms with E-state index in [1.54, 1.807) is 18.2 Å². The summed E-state index contributed by atoms with van der Waals surface area (Å²) in [5.74, 6) is 2.36. The Balaban J connectivity index is 0.000000165. The van der Waals surface area contributed by atoms with Gasteiger partial charge >= 0.3 is 5.97 Å². The van der Waals surface area contributed by atoms with E-state index in [0.29, 0.717) is 80.4 Å². The van der Waals surface area contributed by atoms with Gasteiger partial charge in [-0.25, -0.2) is 9.18 Å². The van der Waals surface area contributed by atoms with Crippen molar-refractivity contribution in [1.29, 1.82) is 0 Å². The molecule has 6 atom stereocenters. The molecule has 62 heavy (non-hydrogen) atoms. The molecule has 16 heteroatoms. The van der Waals surface area contributed by atoms with Crippen molar-refractivity contribution >= 4 is 82.0 Å². The molecule has 328 valence electrons. The van der Waals surface area contributed by atoms with Gasteiger partial charge in [0.1, 0.15) is 28.7 Å². The van der Waals surface area contributed by atoms with Gasteiger partial charge in [0.25, 0.3) is 0 Å². The van der Waals surface area contributed by atoms with Gasteiger partial charge in [0.15, 0.2) is 0 Å². The number of carbonyl (C=O) groups is 1. The zero-order chi connectivity index (χ0) is 41.9. The lowest BCUT2D eigenvalue weighted by Gasteiger charge is -2.33. The van der Waals surface area contributed by atoms with Gasteiger partial charge in [-0.1, -0.05) is 68.8 Å². The highest BCUT2D eigenvalue weighted by Gasteiger charge is 2.46. The molecule has 4 heterocycles. The van der Waals surface area contributed by atoms with E-state index < -0.39 is 11.8 Å². The number of esters is 1. The minimum atomic E-state index is -0.674. The van der Waals surface area contributed by atoms with Crippen LogP contribution in [0.4, 0.5) is 10.1 Å². The molecule has 6 fully saturated rings. The molecule has 0 unspecified atom stereocenters. The number of anilines is 1. The van der Waals surface area contributed by atoms with E-state index in [9.17, 15) is 9.18 Å². The maximum Gasteiger partial charge on any atom is 0.340 e. The largest absolute Gasteiger partial charge is 0.465 e. The summed E-state index contributed by atoms with van der Waals surface area (Å²) in [6, 6.07) is 16.5. The molecule has 3 aromatic carbocycles. The molecule has 2 saturated heterocycles. The molecule has 4 saturated carbocycles. The van der Waals surface area contributed by atoms with E-state index in [-0.39, 0.29) is 41.7 Å². The maximum atomic E-state index is 14.5. The number of nitrogens with zero attached hydrogens (tertiary/aromatic N) is 3. The van der Waals surface area contributed by atoms with Gasteiger partial charge in [0.05, 0.1) is 58.2 Å². The monoisotopic (exact) mass is 1040 g/mol. The number of benzene rings is 3. The normalized spacial score (nSPS) is 24.6. The van der Waals surface area contributed by atoms with E-state index in [4.69, 9.17) is 64.9 Å². The van der Waals surface area contributed by atoms with Crippen LogP contribution in [-0.4, -0.2) is 60.8 Å². The molecule has 10 nitrogen and oxygen atoms in total. The summed E-state index contributed by atoms with van der Waals surface area (Å²) in [6.45, 7) is 2.73. The molecule has 0 spiro atoms. The van der Waals surface area contributed by atoms with E-state index in [1.165, 1.54) is 25.7 Å². The number of rotatable bonds is 12. The second kappa shape index (κ2) is 18.5. The number of aromatic nitrogens is 2. The van der Waals surface area contributed by atoms with Crippen LogP contribution in [0.3, 0.4) is 0 Å². The Kier molecular flexibility index (Phi) is 13.2. The average molecular weight is 1040 g/mol. The van der Waals surface area contributed by atoms with Crippen molar-refractivity contribution in [2.75, 3.05) is 25.1 Å². The smallest absolute Gasteiger partial charge is 0.340 e. The van der Waals surface area contributed by atoms with Crippen molar-refractivity contribution in [2.24, 2.45) is 11.8 Å². The summed E-state index contributed by atoms with van der Waals surface area (Å²) >= 11 is 25.8. The fraction of sp³-hybridized carbons (Fsp3) is 0.457. The van der Waals surface area contributed by atoms with Crippen LogP contribution in [0.5, 0.6) is 0 Å². The van der Waals surface area contributed by atoms with Crippen molar-refractivity contribution < 1.29 is 32.4 Å². The Labute approximate surface area is 396 Å².